The van der Waals surface area contributed by atoms with Crippen LogP contribution in [0.15, 0.2) is 18.2 Å². The number of hydrogen-bond acceptors (Lipinski definition) is 3. The monoisotopic (exact) mass is 293 g/mol. The van der Waals surface area contributed by atoms with Gasteiger partial charge in [-0.2, -0.15) is 0 Å². The molecule has 1 fully saturated rings. The van der Waals surface area contributed by atoms with Gasteiger partial charge < -0.3 is 9.64 Å². The highest BCUT2D eigenvalue weighted by molar-refractivity contribution is 7.85. The number of ether oxygens (including phenoxy) is 1. The summed E-state index contributed by atoms with van der Waals surface area (Å²) in [6.07, 6.45) is 0. The van der Waals surface area contributed by atoms with Crippen molar-refractivity contribution in [3.63, 3.8) is 0 Å². The molecule has 1 amide bonds. The van der Waals surface area contributed by atoms with Crippen LogP contribution in [0.4, 0.5) is 0 Å². The number of nitrogens with zero attached hydrogens (tertiary/aromatic N) is 1. The normalized spacial score (nSPS) is 21.4. The zero-order valence-electron chi connectivity index (χ0n) is 11.8. The van der Waals surface area contributed by atoms with Gasteiger partial charge in [-0.05, 0) is 18.2 Å². The molecule has 0 unspecified atom stereocenters. The molecular weight excluding hydrogens is 274 g/mol. The van der Waals surface area contributed by atoms with Gasteiger partial charge in [0.15, 0.2) is 0 Å². The molecule has 1 aromatic carbocycles. The van der Waals surface area contributed by atoms with E-state index in [2.05, 4.69) is 13.8 Å². The van der Waals surface area contributed by atoms with E-state index in [-0.39, 0.29) is 11.3 Å². The molecular formula is C15H19NO3S. The first-order valence-corrected chi connectivity index (χ1v) is 8.38. The highest BCUT2D eigenvalue weighted by Gasteiger charge is 2.33. The fraction of sp³-hybridized carbons (Fsp3) is 0.533. The Bertz CT molecular complexity index is 572. The van der Waals surface area contributed by atoms with Gasteiger partial charge >= 0.3 is 0 Å². The van der Waals surface area contributed by atoms with Gasteiger partial charge in [0.25, 0.3) is 5.91 Å². The Morgan fingerprint density at radius 3 is 2.70 bits per heavy atom. The molecule has 2 aliphatic heterocycles. The minimum absolute atomic E-state index is 0.0344. The van der Waals surface area contributed by atoms with E-state index >= 15 is 0 Å². The highest BCUT2D eigenvalue weighted by Crippen LogP contribution is 2.38. The van der Waals surface area contributed by atoms with Crippen molar-refractivity contribution >= 4 is 16.7 Å². The summed E-state index contributed by atoms with van der Waals surface area (Å²) in [4.78, 5) is 14.3. The molecule has 3 rings (SSSR count). The SMILES string of the molecule is CC1(C)COc2ccc(C(=O)N3CCS(=O)CC3)cc21. The number of benzene rings is 1. The van der Waals surface area contributed by atoms with E-state index in [1.807, 2.05) is 18.2 Å². The average Bonchev–Trinajstić information content (AvgIpc) is 2.74. The maximum Gasteiger partial charge on any atom is 0.253 e. The van der Waals surface area contributed by atoms with Crippen molar-refractivity contribution in [2.45, 2.75) is 19.3 Å². The van der Waals surface area contributed by atoms with E-state index in [0.29, 0.717) is 36.8 Å². The Hall–Kier alpha value is -1.36. The van der Waals surface area contributed by atoms with Crippen molar-refractivity contribution in [2.24, 2.45) is 0 Å². The molecule has 2 aliphatic rings. The third-order valence-electron chi connectivity index (χ3n) is 4.01. The topological polar surface area (TPSA) is 46.6 Å². The lowest BCUT2D eigenvalue weighted by Gasteiger charge is -2.26. The van der Waals surface area contributed by atoms with Crippen molar-refractivity contribution in [3.8, 4) is 5.75 Å². The molecule has 108 valence electrons. The molecule has 1 saturated heterocycles. The Morgan fingerprint density at radius 2 is 2.00 bits per heavy atom. The maximum atomic E-state index is 12.5. The van der Waals surface area contributed by atoms with Gasteiger partial charge in [-0.1, -0.05) is 13.8 Å². The number of hydrogen-bond donors (Lipinski definition) is 0. The lowest BCUT2D eigenvalue weighted by atomic mass is 9.86. The van der Waals surface area contributed by atoms with Crippen molar-refractivity contribution in [1.82, 2.24) is 4.90 Å². The summed E-state index contributed by atoms with van der Waals surface area (Å²) in [5.74, 6) is 2.09. The van der Waals surface area contributed by atoms with Crippen LogP contribution in [0.5, 0.6) is 5.75 Å². The van der Waals surface area contributed by atoms with Gasteiger partial charge in [-0.15, -0.1) is 0 Å². The first-order valence-electron chi connectivity index (χ1n) is 6.89. The van der Waals surface area contributed by atoms with Crippen molar-refractivity contribution in [2.75, 3.05) is 31.2 Å². The predicted molar refractivity (Wildman–Crippen MR) is 78.7 cm³/mol. The summed E-state index contributed by atoms with van der Waals surface area (Å²) in [5.41, 5.74) is 1.76. The second kappa shape index (κ2) is 4.88. The van der Waals surface area contributed by atoms with Gasteiger partial charge in [0.05, 0.1) is 6.61 Å². The second-order valence-corrected chi connectivity index (χ2v) is 7.72. The summed E-state index contributed by atoms with van der Waals surface area (Å²) < 4.78 is 17.0. The summed E-state index contributed by atoms with van der Waals surface area (Å²) in [6.45, 7) is 6.07. The quantitative estimate of drug-likeness (QED) is 0.789. The number of carbonyl (C=O) groups excluding carboxylic acids is 1. The van der Waals surface area contributed by atoms with E-state index in [1.54, 1.807) is 4.90 Å². The van der Waals surface area contributed by atoms with Crippen molar-refractivity contribution in [1.29, 1.82) is 0 Å². The Labute approximate surface area is 121 Å². The van der Waals surface area contributed by atoms with Crippen LogP contribution in [0.3, 0.4) is 0 Å². The molecule has 0 spiro atoms. The summed E-state index contributed by atoms with van der Waals surface area (Å²) in [5, 5.41) is 0. The van der Waals surface area contributed by atoms with Gasteiger partial charge in [0.2, 0.25) is 0 Å². The van der Waals surface area contributed by atoms with E-state index in [9.17, 15) is 9.00 Å². The fourth-order valence-corrected chi connectivity index (χ4v) is 3.73. The zero-order chi connectivity index (χ0) is 14.3. The van der Waals surface area contributed by atoms with Crippen LogP contribution in [0.25, 0.3) is 0 Å². The molecule has 2 heterocycles. The number of amides is 1. The van der Waals surface area contributed by atoms with Gasteiger partial charge in [-0.25, -0.2) is 0 Å². The largest absolute Gasteiger partial charge is 0.492 e. The molecule has 20 heavy (non-hydrogen) atoms. The van der Waals surface area contributed by atoms with E-state index in [1.165, 1.54) is 0 Å². The van der Waals surface area contributed by atoms with Crippen LogP contribution in [-0.4, -0.2) is 46.2 Å². The molecule has 1 aromatic rings. The smallest absolute Gasteiger partial charge is 0.253 e. The third kappa shape index (κ3) is 2.35. The van der Waals surface area contributed by atoms with Crippen LogP contribution >= 0.6 is 0 Å². The molecule has 0 saturated carbocycles. The van der Waals surface area contributed by atoms with Gasteiger partial charge in [-0.3, -0.25) is 9.00 Å². The van der Waals surface area contributed by atoms with E-state index < -0.39 is 10.8 Å². The Balaban J connectivity index is 1.84. The van der Waals surface area contributed by atoms with Crippen LogP contribution in [-0.2, 0) is 16.2 Å². The minimum atomic E-state index is -0.760. The van der Waals surface area contributed by atoms with Crippen LogP contribution in [0, 0.1) is 0 Å². The zero-order valence-corrected chi connectivity index (χ0v) is 12.7. The molecule has 0 bridgehead atoms. The molecule has 0 radical (unpaired) electrons. The molecule has 0 aliphatic carbocycles. The number of rotatable bonds is 1. The summed E-state index contributed by atoms with van der Waals surface area (Å²) >= 11 is 0. The lowest BCUT2D eigenvalue weighted by Crippen LogP contribution is -2.41. The van der Waals surface area contributed by atoms with Gasteiger partial charge in [0, 0.05) is 51.9 Å². The van der Waals surface area contributed by atoms with Crippen molar-refractivity contribution in [3.05, 3.63) is 29.3 Å². The van der Waals surface area contributed by atoms with Crippen LogP contribution in [0.2, 0.25) is 0 Å². The Morgan fingerprint density at radius 1 is 1.30 bits per heavy atom. The first kappa shape index (κ1) is 13.6. The fourth-order valence-electron chi connectivity index (χ4n) is 2.68. The summed E-state index contributed by atoms with van der Waals surface area (Å²) in [6, 6.07) is 5.67. The van der Waals surface area contributed by atoms with Crippen LogP contribution in [0.1, 0.15) is 29.8 Å². The molecule has 0 aromatic heterocycles. The van der Waals surface area contributed by atoms with Gasteiger partial charge in [0.1, 0.15) is 5.75 Å². The molecule has 5 heteroatoms. The second-order valence-electron chi connectivity index (χ2n) is 6.02. The summed E-state index contributed by atoms with van der Waals surface area (Å²) in [7, 11) is -0.760. The highest BCUT2D eigenvalue weighted by atomic mass is 32.2. The van der Waals surface area contributed by atoms with E-state index in [4.69, 9.17) is 4.74 Å². The predicted octanol–water partition coefficient (Wildman–Crippen LogP) is 1.56. The third-order valence-corrected chi connectivity index (χ3v) is 5.28. The number of fused-ring (bicyclic) bond motifs is 1. The lowest BCUT2D eigenvalue weighted by molar-refractivity contribution is 0.0771. The maximum absolute atomic E-state index is 12.5. The first-order chi connectivity index (χ1) is 9.47. The molecule has 0 atom stereocenters. The van der Waals surface area contributed by atoms with Crippen LogP contribution < -0.4 is 4.74 Å². The Kier molecular flexibility index (Phi) is 3.32. The van der Waals surface area contributed by atoms with E-state index in [0.717, 1.165) is 11.3 Å². The molecule has 4 nitrogen and oxygen atoms in total. The molecule has 0 N–H and O–H groups in total. The number of carbonyl (C=O) groups is 1. The minimum Gasteiger partial charge on any atom is -0.492 e. The standard InChI is InChI=1S/C15H19NO3S/c1-15(2)10-19-13-4-3-11(9-12(13)15)14(17)16-5-7-20(18)8-6-16/h3-4,9H,5-8,10H2,1-2H3. The van der Waals surface area contributed by atoms with Crippen molar-refractivity contribution < 1.29 is 13.7 Å². The average molecular weight is 293 g/mol.